The van der Waals surface area contributed by atoms with Crippen molar-refractivity contribution in [3.05, 3.63) is 53.6 Å². The van der Waals surface area contributed by atoms with Crippen molar-refractivity contribution in [2.45, 2.75) is 13.8 Å². The smallest absolute Gasteiger partial charge is 0.175 e. The highest BCUT2D eigenvalue weighted by atomic mass is 16.1. The summed E-state index contributed by atoms with van der Waals surface area (Å²) in [6.45, 7) is 3.57. The Balaban J connectivity index is 2.79. The van der Waals surface area contributed by atoms with Gasteiger partial charge < -0.3 is 0 Å². The van der Waals surface area contributed by atoms with E-state index in [4.69, 9.17) is 5.26 Å². The molecule has 1 aromatic carbocycles. The molecule has 0 aliphatic carbocycles. The molecule has 0 radical (unpaired) electrons. The van der Waals surface area contributed by atoms with Gasteiger partial charge in [-0.2, -0.15) is 5.26 Å². The predicted octanol–water partition coefficient (Wildman–Crippen LogP) is 3.37. The maximum absolute atomic E-state index is 11.6. The molecule has 0 aliphatic rings. The Morgan fingerprint density at radius 2 is 1.94 bits per heavy atom. The zero-order chi connectivity index (χ0) is 12.7. The number of ketones is 1. The van der Waals surface area contributed by atoms with Gasteiger partial charge in [0.1, 0.15) is 6.07 Å². The predicted molar refractivity (Wildman–Crippen MR) is 69.0 cm³/mol. The summed E-state index contributed by atoms with van der Waals surface area (Å²) in [6.07, 6.45) is 5.16. The fraction of sp³-hybridized carbons (Fsp3) is 0.200. The molecule has 0 aromatic heterocycles. The monoisotopic (exact) mass is 225 g/mol. The first kappa shape index (κ1) is 12.9. The minimum atomic E-state index is -0.147. The van der Waals surface area contributed by atoms with E-state index < -0.39 is 0 Å². The van der Waals surface area contributed by atoms with E-state index in [0.717, 1.165) is 5.56 Å². The molecule has 0 aliphatic heterocycles. The van der Waals surface area contributed by atoms with E-state index in [9.17, 15) is 4.79 Å². The highest BCUT2D eigenvalue weighted by molar-refractivity contribution is 6.00. The molecule has 1 rings (SSSR count). The van der Waals surface area contributed by atoms with Crippen LogP contribution in [0.25, 0.3) is 6.08 Å². The van der Waals surface area contributed by atoms with Gasteiger partial charge in [-0.1, -0.05) is 56.3 Å². The van der Waals surface area contributed by atoms with Gasteiger partial charge in [-0.3, -0.25) is 4.79 Å². The van der Waals surface area contributed by atoms with Crippen molar-refractivity contribution in [1.82, 2.24) is 0 Å². The maximum atomic E-state index is 11.6. The minimum Gasteiger partial charge on any atom is -0.293 e. The van der Waals surface area contributed by atoms with Crippen molar-refractivity contribution in [3.8, 4) is 6.07 Å². The van der Waals surface area contributed by atoms with Crippen molar-refractivity contribution in [2.75, 3.05) is 0 Å². The summed E-state index contributed by atoms with van der Waals surface area (Å²) in [5, 5.41) is 8.87. The summed E-state index contributed by atoms with van der Waals surface area (Å²) in [4.78, 5) is 11.6. The van der Waals surface area contributed by atoms with E-state index in [1.165, 1.54) is 0 Å². The van der Waals surface area contributed by atoms with Crippen LogP contribution < -0.4 is 0 Å². The third kappa shape index (κ3) is 4.08. The van der Waals surface area contributed by atoms with E-state index in [1.54, 1.807) is 26.0 Å². The summed E-state index contributed by atoms with van der Waals surface area (Å²) < 4.78 is 0. The number of carbonyl (C=O) groups excluding carboxylic acids is 1. The lowest BCUT2D eigenvalue weighted by atomic mass is 10.0. The largest absolute Gasteiger partial charge is 0.293 e. The molecule has 0 saturated heterocycles. The molecule has 2 nitrogen and oxygen atoms in total. The van der Waals surface area contributed by atoms with Crippen molar-refractivity contribution >= 4 is 11.9 Å². The molecule has 17 heavy (non-hydrogen) atoms. The molecule has 0 N–H and O–H groups in total. The third-order valence-electron chi connectivity index (χ3n) is 2.26. The number of hydrogen-bond acceptors (Lipinski definition) is 2. The normalized spacial score (nSPS) is 11.8. The summed E-state index contributed by atoms with van der Waals surface area (Å²) in [7, 11) is 0. The van der Waals surface area contributed by atoms with Gasteiger partial charge >= 0.3 is 0 Å². The highest BCUT2D eigenvalue weighted by Gasteiger charge is 2.11. The van der Waals surface area contributed by atoms with Crippen LogP contribution in [0.1, 0.15) is 19.4 Å². The molecule has 0 unspecified atom stereocenters. The van der Waals surface area contributed by atoms with Crippen LogP contribution in [-0.2, 0) is 4.79 Å². The van der Waals surface area contributed by atoms with Crippen LogP contribution in [0, 0.1) is 17.2 Å². The van der Waals surface area contributed by atoms with Crippen LogP contribution in [0.5, 0.6) is 0 Å². The van der Waals surface area contributed by atoms with Crippen LogP contribution in [-0.4, -0.2) is 5.78 Å². The van der Waals surface area contributed by atoms with Crippen molar-refractivity contribution in [3.63, 3.8) is 0 Å². The van der Waals surface area contributed by atoms with E-state index in [2.05, 4.69) is 0 Å². The van der Waals surface area contributed by atoms with Crippen LogP contribution in [0.3, 0.4) is 0 Å². The fourth-order valence-corrected chi connectivity index (χ4v) is 1.31. The van der Waals surface area contributed by atoms with E-state index in [0.29, 0.717) is 0 Å². The SMILES string of the molecule is CC(C)C(=O)/C(C#N)=C\C=C\c1ccccc1. The Hall–Kier alpha value is -2.14. The van der Waals surface area contributed by atoms with Gasteiger partial charge in [0.25, 0.3) is 0 Å². The lowest BCUT2D eigenvalue weighted by Gasteiger charge is -1.99. The Labute approximate surface area is 102 Å². The number of benzene rings is 1. The lowest BCUT2D eigenvalue weighted by Crippen LogP contribution is -2.08. The summed E-state index contributed by atoms with van der Waals surface area (Å²) >= 11 is 0. The maximum Gasteiger partial charge on any atom is 0.175 e. The van der Waals surface area contributed by atoms with Crippen LogP contribution >= 0.6 is 0 Å². The van der Waals surface area contributed by atoms with E-state index in [-0.39, 0.29) is 17.3 Å². The highest BCUT2D eigenvalue weighted by Crippen LogP contribution is 2.07. The van der Waals surface area contributed by atoms with Gasteiger partial charge in [0.05, 0.1) is 5.57 Å². The molecule has 0 fully saturated rings. The average Bonchev–Trinajstić information content (AvgIpc) is 2.35. The third-order valence-corrected chi connectivity index (χ3v) is 2.26. The van der Waals surface area contributed by atoms with Crippen molar-refractivity contribution in [1.29, 1.82) is 5.26 Å². The molecule has 2 heteroatoms. The molecule has 0 atom stereocenters. The van der Waals surface area contributed by atoms with Gasteiger partial charge in [-0.05, 0) is 11.6 Å². The second-order valence-electron chi connectivity index (χ2n) is 3.98. The van der Waals surface area contributed by atoms with Crippen LogP contribution in [0.2, 0.25) is 0 Å². The molecular weight excluding hydrogens is 210 g/mol. The molecule has 86 valence electrons. The number of allylic oxidation sites excluding steroid dienone is 3. The summed E-state index contributed by atoms with van der Waals surface area (Å²) in [6, 6.07) is 11.7. The Morgan fingerprint density at radius 1 is 1.29 bits per heavy atom. The fourth-order valence-electron chi connectivity index (χ4n) is 1.31. The topological polar surface area (TPSA) is 40.9 Å². The zero-order valence-electron chi connectivity index (χ0n) is 10.1. The van der Waals surface area contributed by atoms with Gasteiger partial charge in [-0.25, -0.2) is 0 Å². The first-order valence-electron chi connectivity index (χ1n) is 5.53. The lowest BCUT2D eigenvalue weighted by molar-refractivity contribution is -0.117. The quantitative estimate of drug-likeness (QED) is 0.448. The van der Waals surface area contributed by atoms with Crippen molar-refractivity contribution in [2.24, 2.45) is 5.92 Å². The first-order chi connectivity index (χ1) is 8.15. The summed E-state index contributed by atoms with van der Waals surface area (Å²) in [5.74, 6) is -0.267. The molecule has 0 amide bonds. The molecule has 0 bridgehead atoms. The number of Topliss-reactive ketones (excluding diaryl/α,β-unsaturated/α-hetero) is 1. The molecule has 0 heterocycles. The first-order valence-corrected chi connectivity index (χ1v) is 5.53. The molecule has 0 spiro atoms. The number of rotatable bonds is 4. The van der Waals surface area contributed by atoms with Gasteiger partial charge in [-0.15, -0.1) is 0 Å². The Bertz CT molecular complexity index is 475. The summed E-state index contributed by atoms with van der Waals surface area (Å²) in [5.41, 5.74) is 1.24. The van der Waals surface area contributed by atoms with Gasteiger partial charge in [0.2, 0.25) is 0 Å². The van der Waals surface area contributed by atoms with Crippen LogP contribution in [0.15, 0.2) is 48.1 Å². The second kappa shape index (κ2) is 6.44. The number of carbonyl (C=O) groups is 1. The standard InChI is InChI=1S/C15H15NO/c1-12(2)15(17)14(11-16)10-6-9-13-7-4-3-5-8-13/h3-10,12H,1-2H3/b9-6+,14-10-. The second-order valence-corrected chi connectivity index (χ2v) is 3.98. The van der Waals surface area contributed by atoms with Crippen molar-refractivity contribution < 1.29 is 4.79 Å². The van der Waals surface area contributed by atoms with Crippen LogP contribution in [0.4, 0.5) is 0 Å². The number of nitrogens with zero attached hydrogens (tertiary/aromatic N) is 1. The molecule has 1 aromatic rings. The van der Waals surface area contributed by atoms with Gasteiger partial charge in [0.15, 0.2) is 5.78 Å². The number of hydrogen-bond donors (Lipinski definition) is 0. The average molecular weight is 225 g/mol. The number of nitriles is 1. The minimum absolute atomic E-state index is 0.120. The molecular formula is C15H15NO. The van der Waals surface area contributed by atoms with E-state index in [1.807, 2.05) is 42.5 Å². The zero-order valence-corrected chi connectivity index (χ0v) is 10.1. The Morgan fingerprint density at radius 3 is 2.47 bits per heavy atom. The van der Waals surface area contributed by atoms with E-state index >= 15 is 0 Å². The van der Waals surface area contributed by atoms with Gasteiger partial charge in [0, 0.05) is 5.92 Å². The molecule has 0 saturated carbocycles. The Kier molecular flexibility index (Phi) is 4.90.